The summed E-state index contributed by atoms with van der Waals surface area (Å²) < 4.78 is 15.7. The van der Waals surface area contributed by atoms with E-state index in [4.69, 9.17) is 19.9 Å². The Labute approximate surface area is 156 Å². The minimum Gasteiger partial charge on any atom is -0.465 e. The maximum Gasteiger partial charge on any atom is 0.341 e. The fraction of sp³-hybridized carbons (Fsp3) is 0.421. The highest BCUT2D eigenvalue weighted by molar-refractivity contribution is 6.04. The van der Waals surface area contributed by atoms with Crippen LogP contribution in [-0.2, 0) is 4.74 Å². The van der Waals surface area contributed by atoms with Crippen LogP contribution in [0.25, 0.3) is 10.9 Å². The highest BCUT2D eigenvalue weighted by Gasteiger charge is 2.31. The highest BCUT2D eigenvalue weighted by atomic mass is 16.7. The number of rotatable bonds is 3. The smallest absolute Gasteiger partial charge is 0.341 e. The van der Waals surface area contributed by atoms with Crippen LogP contribution in [0.4, 0.5) is 10.6 Å². The van der Waals surface area contributed by atoms with E-state index in [-0.39, 0.29) is 24.2 Å². The second kappa shape index (κ2) is 6.94. The van der Waals surface area contributed by atoms with Crippen molar-refractivity contribution >= 4 is 28.7 Å². The van der Waals surface area contributed by atoms with Gasteiger partial charge in [-0.2, -0.15) is 0 Å². The lowest BCUT2D eigenvalue weighted by Crippen LogP contribution is -2.46. The molecule has 8 nitrogen and oxygen atoms in total. The number of nitrogens with zero attached hydrogens (tertiary/aromatic N) is 2. The number of urea groups is 1. The number of pyridine rings is 1. The molecule has 0 bridgehead atoms. The summed E-state index contributed by atoms with van der Waals surface area (Å²) in [4.78, 5) is 30.8. The first-order chi connectivity index (χ1) is 13.1. The number of benzene rings is 1. The molecule has 0 unspecified atom stereocenters. The minimum atomic E-state index is -0.625. The normalized spacial score (nSPS) is 16.3. The van der Waals surface area contributed by atoms with E-state index in [1.165, 1.54) is 12.0 Å². The van der Waals surface area contributed by atoms with Gasteiger partial charge in [0.1, 0.15) is 5.56 Å². The Hall–Kier alpha value is -3.03. The number of anilines is 1. The van der Waals surface area contributed by atoms with E-state index in [1.54, 1.807) is 18.2 Å². The largest absolute Gasteiger partial charge is 0.465 e. The van der Waals surface area contributed by atoms with Crippen molar-refractivity contribution < 1.29 is 23.8 Å². The summed E-state index contributed by atoms with van der Waals surface area (Å²) in [5.74, 6) is 0.828. The first kappa shape index (κ1) is 17.4. The van der Waals surface area contributed by atoms with E-state index in [0.29, 0.717) is 22.4 Å². The number of aromatic nitrogens is 1. The zero-order valence-corrected chi connectivity index (χ0v) is 15.1. The summed E-state index contributed by atoms with van der Waals surface area (Å²) >= 11 is 0. The Morgan fingerprint density at radius 1 is 1.15 bits per heavy atom. The minimum absolute atomic E-state index is 0.0846. The lowest BCUT2D eigenvalue weighted by atomic mass is 9.94. The number of amides is 2. The average Bonchev–Trinajstić information content (AvgIpc) is 3.13. The average molecular weight is 371 g/mol. The summed E-state index contributed by atoms with van der Waals surface area (Å²) in [5, 5.41) is 0.691. The molecule has 4 rings (SSSR count). The topological polar surface area (TPSA) is 104 Å². The number of ether oxygens (including phenoxy) is 3. The van der Waals surface area contributed by atoms with Gasteiger partial charge in [0.05, 0.1) is 12.6 Å². The molecule has 2 aromatic rings. The Kier molecular flexibility index (Phi) is 4.47. The Bertz CT molecular complexity index is 908. The fourth-order valence-corrected chi connectivity index (χ4v) is 3.79. The summed E-state index contributed by atoms with van der Waals surface area (Å²) in [7, 11) is 1.30. The molecule has 2 aliphatic rings. The molecule has 1 aromatic heterocycles. The Balaban J connectivity index is 1.88. The van der Waals surface area contributed by atoms with Crippen LogP contribution in [0.2, 0.25) is 0 Å². The second-order valence-electron chi connectivity index (χ2n) is 6.75. The quantitative estimate of drug-likeness (QED) is 0.832. The molecule has 1 aliphatic carbocycles. The van der Waals surface area contributed by atoms with Crippen LogP contribution in [0.15, 0.2) is 18.2 Å². The van der Waals surface area contributed by atoms with Gasteiger partial charge in [-0.05, 0) is 25.0 Å². The number of primary amides is 1. The van der Waals surface area contributed by atoms with Gasteiger partial charge < -0.3 is 19.9 Å². The third kappa shape index (κ3) is 3.11. The number of hydrogen-bond acceptors (Lipinski definition) is 6. The van der Waals surface area contributed by atoms with Gasteiger partial charge in [-0.25, -0.2) is 14.6 Å². The first-order valence-corrected chi connectivity index (χ1v) is 9.00. The van der Waals surface area contributed by atoms with E-state index < -0.39 is 12.0 Å². The third-order valence-corrected chi connectivity index (χ3v) is 5.10. The SMILES string of the molecule is COC(=O)c1cc2cc3c(cc2nc1N(C(N)=O)C1CCCCC1)OCO3. The molecule has 0 spiro atoms. The molecular formula is C19H21N3O5. The van der Waals surface area contributed by atoms with Gasteiger partial charge in [-0.3, -0.25) is 4.90 Å². The van der Waals surface area contributed by atoms with Crippen molar-refractivity contribution in [3.8, 4) is 11.5 Å². The lowest BCUT2D eigenvalue weighted by molar-refractivity contribution is 0.0601. The van der Waals surface area contributed by atoms with Gasteiger partial charge in [0, 0.05) is 17.5 Å². The maximum absolute atomic E-state index is 12.4. The van der Waals surface area contributed by atoms with Crippen LogP contribution in [0.1, 0.15) is 42.5 Å². The molecule has 1 fully saturated rings. The van der Waals surface area contributed by atoms with Crippen LogP contribution >= 0.6 is 0 Å². The molecular weight excluding hydrogens is 350 g/mol. The zero-order valence-electron chi connectivity index (χ0n) is 15.1. The first-order valence-electron chi connectivity index (χ1n) is 9.00. The van der Waals surface area contributed by atoms with Crippen molar-refractivity contribution in [2.24, 2.45) is 5.73 Å². The standard InChI is InChI=1S/C19H21N3O5/c1-25-18(23)13-7-11-8-15-16(27-10-26-15)9-14(11)21-17(13)22(19(20)24)12-5-3-2-4-6-12/h7-9,12H,2-6,10H2,1H3,(H2,20,24). The van der Waals surface area contributed by atoms with Crippen molar-refractivity contribution in [2.75, 3.05) is 18.8 Å². The Morgan fingerprint density at radius 2 is 1.85 bits per heavy atom. The summed E-state index contributed by atoms with van der Waals surface area (Å²) in [6.45, 7) is 0.137. The summed E-state index contributed by atoms with van der Waals surface area (Å²) in [5.41, 5.74) is 6.48. The van der Waals surface area contributed by atoms with Gasteiger partial charge >= 0.3 is 12.0 Å². The van der Waals surface area contributed by atoms with Crippen LogP contribution in [0.3, 0.4) is 0 Å². The van der Waals surface area contributed by atoms with Gasteiger partial charge in [-0.15, -0.1) is 0 Å². The zero-order chi connectivity index (χ0) is 19.0. The Morgan fingerprint density at radius 3 is 2.52 bits per heavy atom. The molecule has 8 heteroatoms. The number of fused-ring (bicyclic) bond motifs is 2. The molecule has 2 N–H and O–H groups in total. The molecule has 0 saturated heterocycles. The van der Waals surface area contributed by atoms with Crippen LogP contribution in [0.5, 0.6) is 11.5 Å². The second-order valence-corrected chi connectivity index (χ2v) is 6.75. The lowest BCUT2D eigenvalue weighted by Gasteiger charge is -2.33. The molecule has 142 valence electrons. The highest BCUT2D eigenvalue weighted by Crippen LogP contribution is 2.38. The van der Waals surface area contributed by atoms with Crippen molar-refractivity contribution in [1.29, 1.82) is 0 Å². The number of esters is 1. The number of nitrogens with two attached hydrogens (primary N) is 1. The predicted molar refractivity (Wildman–Crippen MR) is 98.1 cm³/mol. The maximum atomic E-state index is 12.4. The van der Waals surface area contributed by atoms with E-state index in [0.717, 1.165) is 32.1 Å². The number of carbonyl (C=O) groups is 2. The van der Waals surface area contributed by atoms with Gasteiger partial charge in [0.2, 0.25) is 6.79 Å². The summed E-state index contributed by atoms with van der Waals surface area (Å²) in [6, 6.07) is 4.45. The van der Waals surface area contributed by atoms with Crippen LogP contribution in [-0.4, -0.2) is 36.9 Å². The van der Waals surface area contributed by atoms with Gasteiger partial charge in [-0.1, -0.05) is 19.3 Å². The molecule has 0 atom stereocenters. The van der Waals surface area contributed by atoms with Gasteiger partial charge in [0.15, 0.2) is 17.3 Å². The van der Waals surface area contributed by atoms with Crippen LogP contribution in [0, 0.1) is 0 Å². The van der Waals surface area contributed by atoms with E-state index in [2.05, 4.69) is 4.98 Å². The number of methoxy groups -OCH3 is 1. The summed E-state index contributed by atoms with van der Waals surface area (Å²) in [6.07, 6.45) is 4.79. The monoisotopic (exact) mass is 371 g/mol. The molecule has 2 amide bonds. The molecule has 1 aromatic carbocycles. The molecule has 0 radical (unpaired) electrons. The molecule has 2 heterocycles. The van der Waals surface area contributed by atoms with E-state index in [9.17, 15) is 9.59 Å². The predicted octanol–water partition coefficient (Wildman–Crippen LogP) is 2.97. The van der Waals surface area contributed by atoms with Crippen molar-refractivity contribution in [3.63, 3.8) is 0 Å². The van der Waals surface area contributed by atoms with Crippen LogP contribution < -0.4 is 20.1 Å². The number of hydrogen-bond donors (Lipinski definition) is 1. The third-order valence-electron chi connectivity index (χ3n) is 5.10. The van der Waals surface area contributed by atoms with E-state index >= 15 is 0 Å². The van der Waals surface area contributed by atoms with Crippen molar-refractivity contribution in [1.82, 2.24) is 4.98 Å². The van der Waals surface area contributed by atoms with Crippen molar-refractivity contribution in [2.45, 2.75) is 38.1 Å². The molecule has 27 heavy (non-hydrogen) atoms. The molecule has 1 aliphatic heterocycles. The van der Waals surface area contributed by atoms with Crippen molar-refractivity contribution in [3.05, 3.63) is 23.8 Å². The number of carbonyl (C=O) groups excluding carboxylic acids is 2. The van der Waals surface area contributed by atoms with Gasteiger partial charge in [0.25, 0.3) is 0 Å². The van der Waals surface area contributed by atoms with E-state index in [1.807, 2.05) is 0 Å². The fourth-order valence-electron chi connectivity index (χ4n) is 3.79. The molecule has 1 saturated carbocycles.